The number of nitrogens with zero attached hydrogens (tertiary/aromatic N) is 1. The summed E-state index contributed by atoms with van der Waals surface area (Å²) in [5, 5.41) is 10.2. The number of carboxylic acids is 1. The molecule has 0 fully saturated rings. The Hall–Kier alpha value is -1.55. The molecule has 5 heteroatoms. The number of aromatic nitrogens is 2. The zero-order valence-corrected chi connectivity index (χ0v) is 10.2. The van der Waals surface area contributed by atoms with Gasteiger partial charge in [0.15, 0.2) is 0 Å². The van der Waals surface area contributed by atoms with Gasteiger partial charge in [0, 0.05) is 24.2 Å². The molecular formula is C12H13ClN2O2. The molecule has 0 amide bonds. The van der Waals surface area contributed by atoms with E-state index in [9.17, 15) is 4.79 Å². The second kappa shape index (κ2) is 4.75. The Morgan fingerprint density at radius 2 is 2.41 bits per heavy atom. The number of fused-ring (bicyclic) bond motifs is 1. The van der Waals surface area contributed by atoms with E-state index in [1.807, 2.05) is 13.1 Å². The van der Waals surface area contributed by atoms with Gasteiger partial charge in [-0.15, -0.1) is 0 Å². The molecule has 0 aromatic carbocycles. The van der Waals surface area contributed by atoms with E-state index in [1.54, 1.807) is 12.3 Å². The summed E-state index contributed by atoms with van der Waals surface area (Å²) in [5.74, 6) is -0.637. The van der Waals surface area contributed by atoms with Crippen LogP contribution >= 0.6 is 11.6 Å². The molecule has 2 heterocycles. The normalized spacial score (nSPS) is 12.8. The number of H-pyrrole nitrogens is 1. The van der Waals surface area contributed by atoms with Crippen LogP contribution < -0.4 is 0 Å². The second-order valence-corrected chi connectivity index (χ2v) is 4.50. The summed E-state index contributed by atoms with van der Waals surface area (Å²) in [6.07, 6.45) is 4.25. The van der Waals surface area contributed by atoms with Gasteiger partial charge < -0.3 is 10.1 Å². The molecule has 17 heavy (non-hydrogen) atoms. The van der Waals surface area contributed by atoms with E-state index in [0.717, 1.165) is 16.6 Å². The molecule has 2 aromatic heterocycles. The van der Waals surface area contributed by atoms with Crippen molar-refractivity contribution in [2.45, 2.75) is 25.7 Å². The van der Waals surface area contributed by atoms with Crippen LogP contribution in [-0.4, -0.2) is 21.0 Å². The predicted octanol–water partition coefficient (Wildman–Crippen LogP) is 3.18. The van der Waals surface area contributed by atoms with Gasteiger partial charge in [-0.05, 0) is 24.0 Å². The van der Waals surface area contributed by atoms with E-state index in [2.05, 4.69) is 9.97 Å². The highest BCUT2D eigenvalue weighted by Gasteiger charge is 2.15. The van der Waals surface area contributed by atoms with Crippen LogP contribution in [0.1, 0.15) is 31.2 Å². The predicted molar refractivity (Wildman–Crippen MR) is 66.4 cm³/mol. The highest BCUT2D eigenvalue weighted by molar-refractivity contribution is 6.35. The molecule has 4 nitrogen and oxygen atoms in total. The molecule has 0 saturated heterocycles. The lowest BCUT2D eigenvalue weighted by Crippen LogP contribution is -1.99. The minimum atomic E-state index is -0.777. The largest absolute Gasteiger partial charge is 0.481 e. The topological polar surface area (TPSA) is 66.0 Å². The minimum Gasteiger partial charge on any atom is -0.481 e. The van der Waals surface area contributed by atoms with Gasteiger partial charge in [-0.2, -0.15) is 0 Å². The van der Waals surface area contributed by atoms with Crippen molar-refractivity contribution >= 4 is 28.6 Å². The number of pyridine rings is 1. The van der Waals surface area contributed by atoms with E-state index in [-0.39, 0.29) is 12.3 Å². The molecule has 1 unspecified atom stereocenters. The van der Waals surface area contributed by atoms with E-state index >= 15 is 0 Å². The zero-order valence-electron chi connectivity index (χ0n) is 9.40. The Morgan fingerprint density at radius 3 is 3.12 bits per heavy atom. The van der Waals surface area contributed by atoms with Crippen molar-refractivity contribution in [2.24, 2.45) is 0 Å². The third kappa shape index (κ3) is 2.42. The summed E-state index contributed by atoms with van der Waals surface area (Å²) >= 11 is 6.13. The minimum absolute atomic E-state index is 0.140. The van der Waals surface area contributed by atoms with Crippen molar-refractivity contribution in [1.82, 2.24) is 9.97 Å². The molecule has 0 aliphatic heterocycles. The molecule has 2 aromatic rings. The number of aromatic amines is 1. The summed E-state index contributed by atoms with van der Waals surface area (Å²) in [6, 6.07) is 1.74. The van der Waals surface area contributed by atoms with Crippen LogP contribution in [-0.2, 0) is 4.79 Å². The summed E-state index contributed by atoms with van der Waals surface area (Å²) in [7, 11) is 0. The van der Waals surface area contributed by atoms with Gasteiger partial charge >= 0.3 is 5.97 Å². The second-order valence-electron chi connectivity index (χ2n) is 4.09. The SMILES string of the molecule is CC(CCC(=O)O)c1c[nH]c2nccc(Cl)c12. The lowest BCUT2D eigenvalue weighted by atomic mass is 9.96. The maximum absolute atomic E-state index is 10.6. The average Bonchev–Trinajstić information content (AvgIpc) is 2.71. The molecule has 90 valence electrons. The Morgan fingerprint density at radius 1 is 1.65 bits per heavy atom. The third-order valence-corrected chi connectivity index (χ3v) is 3.19. The molecule has 0 aliphatic rings. The van der Waals surface area contributed by atoms with Crippen LogP contribution in [0.2, 0.25) is 5.02 Å². The smallest absolute Gasteiger partial charge is 0.303 e. The van der Waals surface area contributed by atoms with Crippen molar-refractivity contribution in [2.75, 3.05) is 0 Å². The maximum Gasteiger partial charge on any atom is 0.303 e. The van der Waals surface area contributed by atoms with Crippen molar-refractivity contribution < 1.29 is 9.90 Å². The van der Waals surface area contributed by atoms with Gasteiger partial charge in [-0.25, -0.2) is 4.98 Å². The summed E-state index contributed by atoms with van der Waals surface area (Å²) in [4.78, 5) is 17.8. The van der Waals surface area contributed by atoms with E-state index in [4.69, 9.17) is 16.7 Å². The molecule has 1 atom stereocenters. The monoisotopic (exact) mass is 252 g/mol. The Labute approximate surface area is 104 Å². The summed E-state index contributed by atoms with van der Waals surface area (Å²) in [6.45, 7) is 1.99. The Bertz CT molecular complexity index is 550. The molecule has 0 bridgehead atoms. The van der Waals surface area contributed by atoms with Gasteiger partial charge in [-0.3, -0.25) is 4.79 Å². The highest BCUT2D eigenvalue weighted by atomic mass is 35.5. The lowest BCUT2D eigenvalue weighted by Gasteiger charge is -2.09. The first-order valence-corrected chi connectivity index (χ1v) is 5.80. The number of hydrogen-bond acceptors (Lipinski definition) is 2. The fourth-order valence-electron chi connectivity index (χ4n) is 1.92. The van der Waals surface area contributed by atoms with Gasteiger partial charge in [0.05, 0.1) is 5.02 Å². The van der Waals surface area contributed by atoms with Gasteiger partial charge in [-0.1, -0.05) is 18.5 Å². The van der Waals surface area contributed by atoms with Gasteiger partial charge in [0.25, 0.3) is 0 Å². The molecule has 0 aliphatic carbocycles. The van der Waals surface area contributed by atoms with Crippen molar-refractivity contribution in [1.29, 1.82) is 0 Å². The molecule has 2 N–H and O–H groups in total. The van der Waals surface area contributed by atoms with E-state index < -0.39 is 5.97 Å². The Kier molecular flexibility index (Phi) is 3.33. The van der Waals surface area contributed by atoms with E-state index in [1.165, 1.54) is 0 Å². The quantitative estimate of drug-likeness (QED) is 0.878. The van der Waals surface area contributed by atoms with Crippen LogP contribution in [0, 0.1) is 0 Å². The fourth-order valence-corrected chi connectivity index (χ4v) is 2.18. The van der Waals surface area contributed by atoms with Crippen molar-refractivity contribution in [3.8, 4) is 0 Å². The molecular weight excluding hydrogens is 240 g/mol. The number of aliphatic carboxylic acids is 1. The van der Waals surface area contributed by atoms with Crippen LogP contribution in [0.3, 0.4) is 0 Å². The summed E-state index contributed by atoms with van der Waals surface area (Å²) < 4.78 is 0. The van der Waals surface area contributed by atoms with Crippen LogP contribution in [0.5, 0.6) is 0 Å². The number of carboxylic acid groups (broad SMARTS) is 1. The van der Waals surface area contributed by atoms with Gasteiger partial charge in [0.2, 0.25) is 0 Å². The number of carbonyl (C=O) groups is 1. The summed E-state index contributed by atoms with van der Waals surface area (Å²) in [5.41, 5.74) is 1.77. The molecule has 0 radical (unpaired) electrons. The molecule has 2 rings (SSSR count). The lowest BCUT2D eigenvalue weighted by molar-refractivity contribution is -0.137. The number of rotatable bonds is 4. The molecule has 0 saturated carbocycles. The van der Waals surface area contributed by atoms with E-state index in [0.29, 0.717) is 11.4 Å². The van der Waals surface area contributed by atoms with Crippen LogP contribution in [0.4, 0.5) is 0 Å². The number of nitrogens with one attached hydrogen (secondary N) is 1. The van der Waals surface area contributed by atoms with Crippen molar-refractivity contribution in [3.05, 3.63) is 29.0 Å². The first-order valence-electron chi connectivity index (χ1n) is 5.43. The standard InChI is InChI=1S/C12H13ClN2O2/c1-7(2-3-10(16)17)8-6-15-12-11(8)9(13)4-5-14-12/h4-7H,2-3H2,1H3,(H,14,15)(H,16,17). The third-order valence-electron chi connectivity index (χ3n) is 2.88. The zero-order chi connectivity index (χ0) is 12.4. The molecule has 0 spiro atoms. The number of halogens is 1. The van der Waals surface area contributed by atoms with Crippen molar-refractivity contribution in [3.63, 3.8) is 0 Å². The van der Waals surface area contributed by atoms with Gasteiger partial charge in [0.1, 0.15) is 5.65 Å². The van der Waals surface area contributed by atoms with Crippen LogP contribution in [0.25, 0.3) is 11.0 Å². The first-order chi connectivity index (χ1) is 8.09. The maximum atomic E-state index is 10.6. The average molecular weight is 253 g/mol. The highest BCUT2D eigenvalue weighted by Crippen LogP contribution is 2.32. The first kappa shape index (κ1) is 11.9. The Balaban J connectivity index is 2.32. The fraction of sp³-hybridized carbons (Fsp3) is 0.333. The number of hydrogen-bond donors (Lipinski definition) is 2. The van der Waals surface area contributed by atoms with Crippen LogP contribution in [0.15, 0.2) is 18.5 Å².